The van der Waals surface area contributed by atoms with Crippen molar-refractivity contribution in [2.75, 3.05) is 26.2 Å². The number of aliphatic imine (C=N–C) groups is 1. The van der Waals surface area contributed by atoms with E-state index in [0.717, 1.165) is 31.4 Å². The second-order valence-corrected chi connectivity index (χ2v) is 7.31. The van der Waals surface area contributed by atoms with Gasteiger partial charge in [0.2, 0.25) is 0 Å². The fraction of sp³-hybridized carbons (Fsp3) is 0.632. The first-order chi connectivity index (χ1) is 11.8. The molecule has 2 heterocycles. The zero-order valence-electron chi connectivity index (χ0n) is 14.3. The molecule has 24 heavy (non-hydrogen) atoms. The Kier molecular flexibility index (Phi) is 4.60. The number of hydrogen-bond donors (Lipinski definition) is 2. The van der Waals surface area contributed by atoms with E-state index in [2.05, 4.69) is 21.3 Å². The number of para-hydroxylation sites is 1. The molecule has 1 aromatic rings. The summed E-state index contributed by atoms with van der Waals surface area (Å²) in [5.41, 5.74) is 7.33. The lowest BCUT2D eigenvalue weighted by Gasteiger charge is -2.31. The lowest BCUT2D eigenvalue weighted by Crippen LogP contribution is -2.39. The van der Waals surface area contributed by atoms with E-state index < -0.39 is 0 Å². The normalized spacial score (nSPS) is 25.8. The molecule has 0 aromatic heterocycles. The second kappa shape index (κ2) is 7.01. The molecule has 0 amide bonds. The van der Waals surface area contributed by atoms with Crippen LogP contribution in [-0.2, 0) is 0 Å². The first-order valence-electron chi connectivity index (χ1n) is 9.32. The number of nitrogens with zero attached hydrogens (tertiary/aromatic N) is 2. The van der Waals surface area contributed by atoms with Crippen LogP contribution in [0.3, 0.4) is 0 Å². The largest absolute Gasteiger partial charge is 0.493 e. The van der Waals surface area contributed by atoms with Crippen LogP contribution in [0.2, 0.25) is 0 Å². The van der Waals surface area contributed by atoms with Crippen molar-refractivity contribution in [1.82, 2.24) is 10.2 Å². The summed E-state index contributed by atoms with van der Waals surface area (Å²) in [6, 6.07) is 9.28. The fourth-order valence-corrected chi connectivity index (χ4v) is 3.88. The van der Waals surface area contributed by atoms with Crippen molar-refractivity contribution in [2.24, 2.45) is 16.6 Å². The molecule has 1 atom stereocenters. The average Bonchev–Trinajstić information content (AvgIpc) is 3.46. The van der Waals surface area contributed by atoms with Gasteiger partial charge in [0.1, 0.15) is 5.75 Å². The number of benzene rings is 1. The van der Waals surface area contributed by atoms with Gasteiger partial charge in [-0.25, -0.2) is 0 Å². The zero-order valence-corrected chi connectivity index (χ0v) is 14.3. The quantitative estimate of drug-likeness (QED) is 0.657. The molecule has 5 nitrogen and oxygen atoms in total. The topological polar surface area (TPSA) is 62.9 Å². The summed E-state index contributed by atoms with van der Waals surface area (Å²) in [6.45, 7) is 4.06. The van der Waals surface area contributed by atoms with Crippen molar-refractivity contribution >= 4 is 5.96 Å². The predicted octanol–water partition coefficient (Wildman–Crippen LogP) is 2.29. The van der Waals surface area contributed by atoms with Crippen LogP contribution in [0.1, 0.15) is 43.7 Å². The molecule has 0 spiro atoms. The number of guanidine groups is 1. The maximum absolute atomic E-state index is 6.15. The molecule has 5 heteroatoms. The Morgan fingerprint density at radius 1 is 1.17 bits per heavy atom. The van der Waals surface area contributed by atoms with E-state index in [4.69, 9.17) is 10.5 Å². The van der Waals surface area contributed by atoms with Gasteiger partial charge in [0, 0.05) is 24.6 Å². The van der Waals surface area contributed by atoms with Gasteiger partial charge < -0.3 is 20.7 Å². The predicted molar refractivity (Wildman–Crippen MR) is 96.2 cm³/mol. The van der Waals surface area contributed by atoms with Gasteiger partial charge in [0.15, 0.2) is 5.96 Å². The Labute approximate surface area is 144 Å². The van der Waals surface area contributed by atoms with Crippen molar-refractivity contribution in [1.29, 1.82) is 0 Å². The number of piperidine rings is 1. The minimum atomic E-state index is 0.204. The highest BCUT2D eigenvalue weighted by atomic mass is 16.5. The van der Waals surface area contributed by atoms with Crippen LogP contribution in [0.15, 0.2) is 29.3 Å². The third-order valence-electron chi connectivity index (χ3n) is 5.51. The van der Waals surface area contributed by atoms with Crippen LogP contribution in [0.5, 0.6) is 5.75 Å². The van der Waals surface area contributed by atoms with Crippen molar-refractivity contribution in [3.8, 4) is 5.75 Å². The number of ether oxygens (including phenoxy) is 1. The lowest BCUT2D eigenvalue weighted by atomic mass is 9.97. The van der Waals surface area contributed by atoms with Gasteiger partial charge in [-0.15, -0.1) is 0 Å². The highest BCUT2D eigenvalue weighted by Crippen LogP contribution is 2.32. The molecule has 0 bridgehead atoms. The van der Waals surface area contributed by atoms with Gasteiger partial charge in [0.25, 0.3) is 0 Å². The standard InChI is InChI=1S/C19H28N4O/c20-19(21-13-14-7-10-23(11-8-14)15-5-6-15)22-17-9-12-24-18-4-2-1-3-16(17)18/h1-4,14-15,17H,5-13H2,(H3,20,21,22). The maximum atomic E-state index is 6.15. The minimum absolute atomic E-state index is 0.204. The molecule has 1 aromatic carbocycles. The van der Waals surface area contributed by atoms with Crippen molar-refractivity contribution in [3.63, 3.8) is 0 Å². The average molecular weight is 328 g/mol. The van der Waals surface area contributed by atoms with Crippen molar-refractivity contribution in [3.05, 3.63) is 29.8 Å². The Balaban J connectivity index is 1.28. The van der Waals surface area contributed by atoms with Crippen LogP contribution < -0.4 is 15.8 Å². The van der Waals surface area contributed by atoms with Crippen molar-refractivity contribution in [2.45, 2.75) is 44.2 Å². The molecule has 2 aliphatic heterocycles. The number of nitrogens with two attached hydrogens (primary N) is 1. The number of hydrogen-bond acceptors (Lipinski definition) is 3. The molecule has 2 fully saturated rings. The van der Waals surface area contributed by atoms with Gasteiger partial charge in [-0.1, -0.05) is 18.2 Å². The van der Waals surface area contributed by atoms with E-state index in [1.807, 2.05) is 18.2 Å². The summed E-state index contributed by atoms with van der Waals surface area (Å²) in [5, 5.41) is 3.39. The monoisotopic (exact) mass is 328 g/mol. The second-order valence-electron chi connectivity index (χ2n) is 7.31. The van der Waals surface area contributed by atoms with Crippen LogP contribution in [0.4, 0.5) is 0 Å². The molecular weight excluding hydrogens is 300 g/mol. The number of rotatable bonds is 4. The molecule has 1 unspecified atom stereocenters. The molecule has 1 saturated heterocycles. The molecule has 4 rings (SSSR count). The first-order valence-corrected chi connectivity index (χ1v) is 9.32. The van der Waals surface area contributed by atoms with Gasteiger partial charge in [-0.05, 0) is 50.8 Å². The molecule has 3 N–H and O–H groups in total. The van der Waals surface area contributed by atoms with E-state index in [-0.39, 0.29) is 6.04 Å². The Bertz CT molecular complexity index is 591. The van der Waals surface area contributed by atoms with Crippen molar-refractivity contribution < 1.29 is 4.74 Å². The summed E-state index contributed by atoms with van der Waals surface area (Å²) in [5.74, 6) is 2.21. The summed E-state index contributed by atoms with van der Waals surface area (Å²) in [7, 11) is 0. The van der Waals surface area contributed by atoms with E-state index in [1.165, 1.54) is 44.3 Å². The highest BCUT2D eigenvalue weighted by Gasteiger charge is 2.31. The number of fused-ring (bicyclic) bond motifs is 1. The highest BCUT2D eigenvalue weighted by molar-refractivity contribution is 5.78. The smallest absolute Gasteiger partial charge is 0.189 e. The van der Waals surface area contributed by atoms with Gasteiger partial charge in [-0.2, -0.15) is 0 Å². The summed E-state index contributed by atoms with van der Waals surface area (Å²) >= 11 is 0. The van der Waals surface area contributed by atoms with E-state index >= 15 is 0 Å². The van der Waals surface area contributed by atoms with Crippen LogP contribution >= 0.6 is 0 Å². The van der Waals surface area contributed by atoms with Crippen LogP contribution in [-0.4, -0.2) is 43.1 Å². The SMILES string of the molecule is NC(=NCC1CCN(C2CC2)CC1)NC1CCOc2ccccc21. The molecule has 3 aliphatic rings. The Hall–Kier alpha value is -1.75. The minimum Gasteiger partial charge on any atom is -0.493 e. The number of nitrogens with one attached hydrogen (secondary N) is 1. The lowest BCUT2D eigenvalue weighted by molar-refractivity contribution is 0.179. The molecule has 1 saturated carbocycles. The third-order valence-corrected chi connectivity index (χ3v) is 5.51. The van der Waals surface area contributed by atoms with E-state index in [1.54, 1.807) is 0 Å². The summed E-state index contributed by atoms with van der Waals surface area (Å²) < 4.78 is 5.70. The molecule has 0 radical (unpaired) electrons. The first kappa shape index (κ1) is 15.8. The zero-order chi connectivity index (χ0) is 16.4. The Morgan fingerprint density at radius 3 is 2.75 bits per heavy atom. The molecule has 1 aliphatic carbocycles. The van der Waals surface area contributed by atoms with E-state index in [9.17, 15) is 0 Å². The van der Waals surface area contributed by atoms with Gasteiger partial charge >= 0.3 is 0 Å². The van der Waals surface area contributed by atoms with Crippen LogP contribution in [0, 0.1) is 5.92 Å². The number of likely N-dealkylation sites (tertiary alicyclic amines) is 1. The van der Waals surface area contributed by atoms with Crippen LogP contribution in [0.25, 0.3) is 0 Å². The van der Waals surface area contributed by atoms with Gasteiger partial charge in [0.05, 0.1) is 12.6 Å². The summed E-state index contributed by atoms with van der Waals surface area (Å²) in [6.07, 6.45) is 6.26. The van der Waals surface area contributed by atoms with E-state index in [0.29, 0.717) is 11.9 Å². The van der Waals surface area contributed by atoms with Gasteiger partial charge in [-0.3, -0.25) is 4.99 Å². The summed E-state index contributed by atoms with van der Waals surface area (Å²) in [4.78, 5) is 7.28. The molecular formula is C19H28N4O. The Morgan fingerprint density at radius 2 is 1.96 bits per heavy atom. The maximum Gasteiger partial charge on any atom is 0.189 e. The fourth-order valence-electron chi connectivity index (χ4n) is 3.88. The third kappa shape index (κ3) is 3.66. The molecule has 130 valence electrons.